The Labute approximate surface area is 89.2 Å². The quantitative estimate of drug-likeness (QED) is 0.710. The maximum absolute atomic E-state index is 10.9. The molecule has 4 heteroatoms. The molecular formula is C11H16N2O2. The number of esters is 1. The smallest absolute Gasteiger partial charge is 0.306 e. The van der Waals surface area contributed by atoms with Crippen molar-refractivity contribution in [3.05, 3.63) is 18.0 Å². The zero-order valence-electron chi connectivity index (χ0n) is 9.14. The predicted octanol–water partition coefficient (Wildman–Crippen LogP) is 1.71. The van der Waals surface area contributed by atoms with E-state index in [0.29, 0.717) is 18.9 Å². The van der Waals surface area contributed by atoms with Crippen LogP contribution in [-0.4, -0.2) is 21.9 Å². The van der Waals surface area contributed by atoms with Crippen LogP contribution >= 0.6 is 0 Å². The van der Waals surface area contributed by atoms with Gasteiger partial charge in [0.15, 0.2) is 0 Å². The molecule has 0 amide bonds. The van der Waals surface area contributed by atoms with Crippen LogP contribution < -0.4 is 0 Å². The molecule has 2 heterocycles. The molecule has 15 heavy (non-hydrogen) atoms. The summed E-state index contributed by atoms with van der Waals surface area (Å²) in [4.78, 5) is 10.9. The van der Waals surface area contributed by atoms with Crippen molar-refractivity contribution in [1.82, 2.24) is 9.78 Å². The third kappa shape index (κ3) is 2.37. The lowest BCUT2D eigenvalue weighted by Gasteiger charge is -2.08. The largest absolute Gasteiger partial charge is 0.460 e. The minimum Gasteiger partial charge on any atom is -0.460 e. The SMILES string of the molecule is CC(C)c1cnn(CC2CCC(=O)O2)c1. The van der Waals surface area contributed by atoms with Gasteiger partial charge in [0.1, 0.15) is 6.10 Å². The van der Waals surface area contributed by atoms with Gasteiger partial charge in [-0.3, -0.25) is 9.48 Å². The molecule has 0 bridgehead atoms. The number of carbonyl (C=O) groups is 1. The molecule has 1 aromatic heterocycles. The van der Waals surface area contributed by atoms with E-state index in [4.69, 9.17) is 4.74 Å². The van der Waals surface area contributed by atoms with E-state index in [-0.39, 0.29) is 12.1 Å². The maximum Gasteiger partial charge on any atom is 0.306 e. The van der Waals surface area contributed by atoms with E-state index in [0.717, 1.165) is 6.42 Å². The average molecular weight is 208 g/mol. The minimum absolute atomic E-state index is 0.0115. The summed E-state index contributed by atoms with van der Waals surface area (Å²) in [6.07, 6.45) is 5.27. The molecule has 4 nitrogen and oxygen atoms in total. The van der Waals surface area contributed by atoms with Gasteiger partial charge in [-0.25, -0.2) is 0 Å². The van der Waals surface area contributed by atoms with Crippen LogP contribution in [0.25, 0.3) is 0 Å². The number of hydrogen-bond acceptors (Lipinski definition) is 3. The molecule has 1 atom stereocenters. The van der Waals surface area contributed by atoms with E-state index in [1.807, 2.05) is 17.1 Å². The lowest BCUT2D eigenvalue weighted by Crippen LogP contribution is -2.16. The van der Waals surface area contributed by atoms with Gasteiger partial charge >= 0.3 is 5.97 Å². The van der Waals surface area contributed by atoms with Crippen molar-refractivity contribution < 1.29 is 9.53 Å². The summed E-state index contributed by atoms with van der Waals surface area (Å²) in [7, 11) is 0. The molecule has 0 spiro atoms. The molecule has 1 fully saturated rings. The van der Waals surface area contributed by atoms with Gasteiger partial charge in [0, 0.05) is 12.6 Å². The first-order valence-electron chi connectivity index (χ1n) is 5.37. The second kappa shape index (κ2) is 4.04. The van der Waals surface area contributed by atoms with Crippen LogP contribution in [-0.2, 0) is 16.1 Å². The molecule has 0 aliphatic carbocycles. The summed E-state index contributed by atoms with van der Waals surface area (Å²) in [6.45, 7) is 4.95. The molecule has 0 saturated carbocycles. The van der Waals surface area contributed by atoms with Crippen LogP contribution in [0, 0.1) is 0 Å². The Morgan fingerprint density at radius 2 is 2.47 bits per heavy atom. The summed E-state index contributed by atoms with van der Waals surface area (Å²) < 4.78 is 6.99. The van der Waals surface area contributed by atoms with E-state index in [2.05, 4.69) is 18.9 Å². The Bertz CT molecular complexity index is 357. The van der Waals surface area contributed by atoms with E-state index < -0.39 is 0 Å². The van der Waals surface area contributed by atoms with E-state index in [1.54, 1.807) is 0 Å². The van der Waals surface area contributed by atoms with Crippen LogP contribution in [0.2, 0.25) is 0 Å². The van der Waals surface area contributed by atoms with Gasteiger partial charge in [-0.15, -0.1) is 0 Å². The highest BCUT2D eigenvalue weighted by Crippen LogP contribution is 2.17. The Morgan fingerprint density at radius 1 is 1.67 bits per heavy atom. The molecule has 82 valence electrons. The highest BCUT2D eigenvalue weighted by atomic mass is 16.5. The minimum atomic E-state index is -0.0868. The maximum atomic E-state index is 10.9. The zero-order chi connectivity index (χ0) is 10.8. The van der Waals surface area contributed by atoms with Crippen LogP contribution in [0.15, 0.2) is 12.4 Å². The first-order valence-corrected chi connectivity index (χ1v) is 5.37. The second-order valence-electron chi connectivity index (χ2n) is 4.30. The number of rotatable bonds is 3. The first kappa shape index (κ1) is 10.2. The third-order valence-electron chi connectivity index (χ3n) is 2.68. The molecule has 1 unspecified atom stereocenters. The van der Waals surface area contributed by atoms with Gasteiger partial charge in [-0.05, 0) is 17.9 Å². The van der Waals surface area contributed by atoms with Crippen LogP contribution in [0.5, 0.6) is 0 Å². The van der Waals surface area contributed by atoms with Gasteiger partial charge < -0.3 is 4.74 Å². The Hall–Kier alpha value is -1.32. The highest BCUT2D eigenvalue weighted by molar-refractivity contribution is 5.71. The van der Waals surface area contributed by atoms with Crippen LogP contribution in [0.1, 0.15) is 38.2 Å². The Kier molecular flexibility index (Phi) is 2.75. The molecule has 0 aromatic carbocycles. The molecular weight excluding hydrogens is 192 g/mol. The van der Waals surface area contributed by atoms with Gasteiger partial charge in [-0.1, -0.05) is 13.8 Å². The van der Waals surface area contributed by atoms with E-state index in [1.165, 1.54) is 5.56 Å². The third-order valence-corrected chi connectivity index (χ3v) is 2.68. The number of carbonyl (C=O) groups excluding carboxylic acids is 1. The first-order chi connectivity index (χ1) is 7.15. The standard InChI is InChI=1S/C11H16N2O2/c1-8(2)9-5-12-13(6-9)7-10-3-4-11(14)15-10/h5-6,8,10H,3-4,7H2,1-2H3. The van der Waals surface area contributed by atoms with Gasteiger partial charge in [0.05, 0.1) is 12.7 Å². The van der Waals surface area contributed by atoms with Crippen molar-refractivity contribution in [1.29, 1.82) is 0 Å². The zero-order valence-corrected chi connectivity index (χ0v) is 9.14. The van der Waals surface area contributed by atoms with E-state index >= 15 is 0 Å². The average Bonchev–Trinajstić information content (AvgIpc) is 2.76. The van der Waals surface area contributed by atoms with Crippen molar-refractivity contribution in [2.75, 3.05) is 0 Å². The summed E-state index contributed by atoms with van der Waals surface area (Å²) in [6, 6.07) is 0. The van der Waals surface area contributed by atoms with Gasteiger partial charge in [0.25, 0.3) is 0 Å². The molecule has 1 aliphatic rings. The topological polar surface area (TPSA) is 44.1 Å². The molecule has 2 rings (SSSR count). The fourth-order valence-electron chi connectivity index (χ4n) is 1.70. The summed E-state index contributed by atoms with van der Waals surface area (Å²) in [5, 5.41) is 4.25. The fourth-order valence-corrected chi connectivity index (χ4v) is 1.70. The number of aromatic nitrogens is 2. The van der Waals surface area contributed by atoms with E-state index in [9.17, 15) is 4.79 Å². The predicted molar refractivity (Wildman–Crippen MR) is 55.4 cm³/mol. The monoisotopic (exact) mass is 208 g/mol. The van der Waals surface area contributed by atoms with Gasteiger partial charge in [0.2, 0.25) is 0 Å². The van der Waals surface area contributed by atoms with Crippen molar-refractivity contribution >= 4 is 5.97 Å². The lowest BCUT2D eigenvalue weighted by molar-refractivity contribution is -0.141. The van der Waals surface area contributed by atoms with Gasteiger partial charge in [-0.2, -0.15) is 5.10 Å². The van der Waals surface area contributed by atoms with Crippen molar-refractivity contribution in [2.45, 2.75) is 45.3 Å². The molecule has 1 aromatic rings. The van der Waals surface area contributed by atoms with Crippen molar-refractivity contribution in [2.24, 2.45) is 0 Å². The fraction of sp³-hybridized carbons (Fsp3) is 0.636. The number of hydrogen-bond donors (Lipinski definition) is 0. The second-order valence-corrected chi connectivity index (χ2v) is 4.30. The molecule has 0 radical (unpaired) electrons. The summed E-state index contributed by atoms with van der Waals surface area (Å²) in [5.41, 5.74) is 1.22. The Balaban J connectivity index is 1.96. The Morgan fingerprint density at radius 3 is 3.00 bits per heavy atom. The number of nitrogens with zero attached hydrogens (tertiary/aromatic N) is 2. The van der Waals surface area contributed by atoms with Crippen molar-refractivity contribution in [3.63, 3.8) is 0 Å². The van der Waals surface area contributed by atoms with Crippen LogP contribution in [0.4, 0.5) is 0 Å². The summed E-state index contributed by atoms with van der Waals surface area (Å²) in [5.74, 6) is 0.404. The van der Waals surface area contributed by atoms with Crippen LogP contribution in [0.3, 0.4) is 0 Å². The molecule has 1 saturated heterocycles. The lowest BCUT2D eigenvalue weighted by atomic mass is 10.1. The number of ether oxygens (including phenoxy) is 1. The molecule has 0 N–H and O–H groups in total. The normalized spacial score (nSPS) is 21.0. The highest BCUT2D eigenvalue weighted by Gasteiger charge is 2.23. The number of cyclic esters (lactones) is 1. The van der Waals surface area contributed by atoms with Crippen molar-refractivity contribution in [3.8, 4) is 0 Å². The molecule has 1 aliphatic heterocycles. The summed E-state index contributed by atoms with van der Waals surface area (Å²) >= 11 is 0.